The lowest BCUT2D eigenvalue weighted by Gasteiger charge is -1.97. The molecular formula is C9H15N5O. The van der Waals surface area contributed by atoms with Crippen molar-refractivity contribution < 1.29 is 0 Å². The second kappa shape index (κ2) is 4.12. The molecule has 2 rings (SSSR count). The number of aromatic amines is 1. The molecule has 0 bridgehead atoms. The highest BCUT2D eigenvalue weighted by Crippen LogP contribution is 2.11. The van der Waals surface area contributed by atoms with E-state index in [0.717, 1.165) is 0 Å². The molecule has 0 aromatic carbocycles. The number of aromatic nitrogens is 4. The van der Waals surface area contributed by atoms with Gasteiger partial charge in [0.1, 0.15) is 11.3 Å². The Kier molecular flexibility index (Phi) is 3.08. The lowest BCUT2D eigenvalue weighted by Crippen LogP contribution is -2.12. The standard InChI is InChI=1S/C7H9N5O.C2H6/c1-3-9-5(8)4-6(10-3)12(2)7(13)11-4;1-2/h1-2H3,(H,11,13)(H2,8,9,10);1-2H3. The highest BCUT2D eigenvalue weighted by atomic mass is 16.1. The fourth-order valence-electron chi connectivity index (χ4n) is 1.23. The predicted octanol–water partition coefficient (Wildman–Crippen LogP) is 0.573. The van der Waals surface area contributed by atoms with Crippen LogP contribution in [0, 0.1) is 6.92 Å². The molecule has 15 heavy (non-hydrogen) atoms. The number of aryl methyl sites for hydroxylation is 2. The molecule has 2 aromatic heterocycles. The molecule has 2 aromatic rings. The van der Waals surface area contributed by atoms with Crippen LogP contribution in [0.15, 0.2) is 4.79 Å². The third kappa shape index (κ3) is 1.83. The number of rotatable bonds is 0. The van der Waals surface area contributed by atoms with Gasteiger partial charge in [0.25, 0.3) is 0 Å². The van der Waals surface area contributed by atoms with Gasteiger partial charge in [0.2, 0.25) is 0 Å². The fourth-order valence-corrected chi connectivity index (χ4v) is 1.23. The summed E-state index contributed by atoms with van der Waals surface area (Å²) in [6.07, 6.45) is 0. The van der Waals surface area contributed by atoms with E-state index in [4.69, 9.17) is 5.73 Å². The molecule has 0 fully saturated rings. The van der Waals surface area contributed by atoms with Gasteiger partial charge in [-0.15, -0.1) is 0 Å². The normalized spacial score (nSPS) is 9.87. The van der Waals surface area contributed by atoms with Crippen molar-refractivity contribution in [3.05, 3.63) is 16.3 Å². The summed E-state index contributed by atoms with van der Waals surface area (Å²) in [6.45, 7) is 5.73. The largest absolute Gasteiger partial charge is 0.382 e. The molecular weight excluding hydrogens is 194 g/mol. The van der Waals surface area contributed by atoms with Gasteiger partial charge < -0.3 is 10.7 Å². The molecule has 0 aliphatic rings. The van der Waals surface area contributed by atoms with Crippen molar-refractivity contribution >= 4 is 17.0 Å². The molecule has 0 aliphatic carbocycles. The van der Waals surface area contributed by atoms with E-state index in [9.17, 15) is 4.79 Å². The summed E-state index contributed by atoms with van der Waals surface area (Å²) in [5.41, 5.74) is 6.41. The van der Waals surface area contributed by atoms with E-state index in [2.05, 4.69) is 15.0 Å². The second-order valence-corrected chi connectivity index (χ2v) is 2.84. The Hall–Kier alpha value is -1.85. The van der Waals surface area contributed by atoms with Crippen LogP contribution in [0.1, 0.15) is 19.7 Å². The van der Waals surface area contributed by atoms with Gasteiger partial charge in [0, 0.05) is 7.05 Å². The predicted molar refractivity (Wildman–Crippen MR) is 59.6 cm³/mol. The number of nitrogens with zero attached hydrogens (tertiary/aromatic N) is 3. The van der Waals surface area contributed by atoms with Crippen molar-refractivity contribution in [1.82, 2.24) is 19.5 Å². The number of nitrogens with one attached hydrogen (secondary N) is 1. The average Bonchev–Trinajstić information content (AvgIpc) is 2.49. The molecule has 3 N–H and O–H groups in total. The van der Waals surface area contributed by atoms with Crippen LogP contribution in [0.3, 0.4) is 0 Å². The van der Waals surface area contributed by atoms with Gasteiger partial charge in [-0.25, -0.2) is 14.8 Å². The van der Waals surface area contributed by atoms with E-state index in [0.29, 0.717) is 22.8 Å². The highest BCUT2D eigenvalue weighted by Gasteiger charge is 2.08. The lowest BCUT2D eigenvalue weighted by atomic mass is 10.5. The molecule has 82 valence electrons. The van der Waals surface area contributed by atoms with Gasteiger partial charge in [-0.3, -0.25) is 4.57 Å². The Morgan fingerprint density at radius 3 is 2.53 bits per heavy atom. The third-order valence-electron chi connectivity index (χ3n) is 1.88. The maximum Gasteiger partial charge on any atom is 0.327 e. The van der Waals surface area contributed by atoms with Crippen LogP contribution in [0.25, 0.3) is 11.2 Å². The zero-order valence-electron chi connectivity index (χ0n) is 9.33. The number of anilines is 1. The first kappa shape index (κ1) is 11.2. The maximum absolute atomic E-state index is 11.2. The van der Waals surface area contributed by atoms with Crippen molar-refractivity contribution in [2.75, 3.05) is 5.73 Å². The summed E-state index contributed by atoms with van der Waals surface area (Å²) in [7, 11) is 1.63. The SMILES string of the molecule is CC.Cc1nc(N)c2[nH]c(=O)n(C)c2n1. The first-order valence-electron chi connectivity index (χ1n) is 4.78. The number of fused-ring (bicyclic) bond motifs is 1. The molecule has 2 heterocycles. The van der Waals surface area contributed by atoms with Crippen LogP contribution in [0.4, 0.5) is 5.82 Å². The van der Waals surface area contributed by atoms with Gasteiger partial charge in [0.05, 0.1) is 0 Å². The fraction of sp³-hybridized carbons (Fsp3) is 0.444. The molecule has 0 saturated heterocycles. The number of H-pyrrole nitrogens is 1. The molecule has 0 radical (unpaired) electrons. The zero-order chi connectivity index (χ0) is 11.6. The Labute approximate surface area is 87.2 Å². The van der Waals surface area contributed by atoms with Crippen molar-refractivity contribution in [2.24, 2.45) is 7.05 Å². The van der Waals surface area contributed by atoms with Crippen LogP contribution in [-0.2, 0) is 7.05 Å². The summed E-state index contributed by atoms with van der Waals surface area (Å²) < 4.78 is 1.40. The van der Waals surface area contributed by atoms with Gasteiger partial charge in [0.15, 0.2) is 11.5 Å². The van der Waals surface area contributed by atoms with E-state index >= 15 is 0 Å². The van der Waals surface area contributed by atoms with Gasteiger partial charge >= 0.3 is 5.69 Å². The van der Waals surface area contributed by atoms with Crippen LogP contribution in [-0.4, -0.2) is 19.5 Å². The number of hydrogen-bond donors (Lipinski definition) is 2. The molecule has 0 amide bonds. The Morgan fingerprint density at radius 1 is 1.33 bits per heavy atom. The van der Waals surface area contributed by atoms with E-state index in [1.165, 1.54) is 4.57 Å². The summed E-state index contributed by atoms with van der Waals surface area (Å²) in [6, 6.07) is 0. The van der Waals surface area contributed by atoms with Crippen LogP contribution >= 0.6 is 0 Å². The first-order chi connectivity index (χ1) is 7.09. The highest BCUT2D eigenvalue weighted by molar-refractivity contribution is 5.81. The minimum Gasteiger partial charge on any atom is -0.382 e. The van der Waals surface area contributed by atoms with E-state index in [-0.39, 0.29) is 5.69 Å². The Balaban J connectivity index is 0.000000531. The monoisotopic (exact) mass is 209 g/mol. The minimum atomic E-state index is -0.235. The Morgan fingerprint density at radius 2 is 1.93 bits per heavy atom. The molecule has 0 spiro atoms. The number of hydrogen-bond acceptors (Lipinski definition) is 4. The molecule has 0 atom stereocenters. The number of nitrogen functional groups attached to an aromatic ring is 1. The van der Waals surface area contributed by atoms with Crippen molar-refractivity contribution in [1.29, 1.82) is 0 Å². The summed E-state index contributed by atoms with van der Waals surface area (Å²) in [5, 5.41) is 0. The molecule has 0 aliphatic heterocycles. The minimum absolute atomic E-state index is 0.235. The second-order valence-electron chi connectivity index (χ2n) is 2.84. The van der Waals surface area contributed by atoms with Crippen molar-refractivity contribution in [3.63, 3.8) is 0 Å². The van der Waals surface area contributed by atoms with E-state index in [1.807, 2.05) is 13.8 Å². The van der Waals surface area contributed by atoms with E-state index in [1.54, 1.807) is 14.0 Å². The Bertz CT molecular complexity index is 525. The van der Waals surface area contributed by atoms with Crippen LogP contribution in [0.2, 0.25) is 0 Å². The summed E-state index contributed by atoms with van der Waals surface area (Å²) in [5.74, 6) is 0.861. The lowest BCUT2D eigenvalue weighted by molar-refractivity contribution is 0.873. The average molecular weight is 209 g/mol. The van der Waals surface area contributed by atoms with Crippen LogP contribution in [0.5, 0.6) is 0 Å². The van der Waals surface area contributed by atoms with Crippen LogP contribution < -0.4 is 11.4 Å². The van der Waals surface area contributed by atoms with Gasteiger partial charge in [-0.05, 0) is 6.92 Å². The number of nitrogens with two attached hydrogens (primary N) is 1. The molecule has 6 heteroatoms. The molecule has 0 saturated carbocycles. The molecule has 6 nitrogen and oxygen atoms in total. The zero-order valence-corrected chi connectivity index (χ0v) is 9.33. The topological polar surface area (TPSA) is 89.6 Å². The van der Waals surface area contributed by atoms with E-state index < -0.39 is 0 Å². The smallest absolute Gasteiger partial charge is 0.327 e. The van der Waals surface area contributed by atoms with Crippen molar-refractivity contribution in [2.45, 2.75) is 20.8 Å². The summed E-state index contributed by atoms with van der Waals surface area (Å²) in [4.78, 5) is 21.8. The van der Waals surface area contributed by atoms with Gasteiger partial charge in [-0.1, -0.05) is 13.8 Å². The number of imidazole rings is 1. The first-order valence-corrected chi connectivity index (χ1v) is 4.78. The summed E-state index contributed by atoms with van der Waals surface area (Å²) >= 11 is 0. The van der Waals surface area contributed by atoms with Crippen molar-refractivity contribution in [3.8, 4) is 0 Å². The third-order valence-corrected chi connectivity index (χ3v) is 1.88. The van der Waals surface area contributed by atoms with Gasteiger partial charge in [-0.2, -0.15) is 0 Å². The molecule has 0 unspecified atom stereocenters. The maximum atomic E-state index is 11.2. The quantitative estimate of drug-likeness (QED) is 0.664.